The zero-order valence-electron chi connectivity index (χ0n) is 15.8. The van der Waals surface area contributed by atoms with Crippen molar-refractivity contribution in [2.24, 2.45) is 0 Å². The molecular formula is C19H20N2O8S. The predicted octanol–water partition coefficient (Wildman–Crippen LogP) is 0.982. The Hall–Kier alpha value is -3.44. The molecule has 0 fully saturated rings. The number of hydrogen-bond donors (Lipinski definition) is 5. The van der Waals surface area contributed by atoms with Crippen molar-refractivity contribution in [1.29, 1.82) is 0 Å². The fourth-order valence-electron chi connectivity index (χ4n) is 2.45. The third-order valence-electron chi connectivity index (χ3n) is 4.23. The number of carbonyl (C=O) groups is 3. The number of rotatable bonds is 9. The molecule has 2 rings (SSSR count). The highest BCUT2D eigenvalue weighted by molar-refractivity contribution is 7.89. The van der Waals surface area contributed by atoms with Crippen molar-refractivity contribution in [1.82, 2.24) is 10.0 Å². The minimum atomic E-state index is -4.15. The number of aromatic carboxylic acids is 1. The summed E-state index contributed by atoms with van der Waals surface area (Å²) in [5, 5.41) is 31.1. The van der Waals surface area contributed by atoms with Gasteiger partial charge in [-0.25, -0.2) is 17.9 Å². The predicted molar refractivity (Wildman–Crippen MR) is 105 cm³/mol. The van der Waals surface area contributed by atoms with Crippen molar-refractivity contribution in [2.45, 2.75) is 30.8 Å². The lowest BCUT2D eigenvalue weighted by Crippen LogP contribution is -2.35. The molecule has 0 saturated heterocycles. The maximum absolute atomic E-state index is 12.4. The highest BCUT2D eigenvalue weighted by atomic mass is 32.2. The molecule has 0 aliphatic heterocycles. The van der Waals surface area contributed by atoms with Crippen molar-refractivity contribution >= 4 is 28.2 Å². The molecule has 10 nitrogen and oxygen atoms in total. The van der Waals surface area contributed by atoms with Crippen LogP contribution in [0.25, 0.3) is 0 Å². The first kappa shape index (κ1) is 22.8. The van der Waals surface area contributed by atoms with Crippen LogP contribution in [0.1, 0.15) is 39.6 Å². The van der Waals surface area contributed by atoms with Crippen molar-refractivity contribution in [3.63, 3.8) is 0 Å². The van der Waals surface area contributed by atoms with Crippen molar-refractivity contribution in [3.8, 4) is 11.5 Å². The van der Waals surface area contributed by atoms with Gasteiger partial charge in [-0.2, -0.15) is 0 Å². The van der Waals surface area contributed by atoms with Crippen LogP contribution in [0.2, 0.25) is 0 Å². The van der Waals surface area contributed by atoms with E-state index in [1.165, 1.54) is 12.1 Å². The lowest BCUT2D eigenvalue weighted by atomic mass is 10.1. The number of hydrogen-bond acceptors (Lipinski definition) is 7. The van der Waals surface area contributed by atoms with Gasteiger partial charge in [-0.3, -0.25) is 4.79 Å². The van der Waals surface area contributed by atoms with E-state index in [1.54, 1.807) is 6.92 Å². The number of aldehydes is 1. The minimum Gasteiger partial charge on any atom is -0.508 e. The Morgan fingerprint density at radius 2 is 1.80 bits per heavy atom. The number of carboxylic acids is 1. The van der Waals surface area contributed by atoms with Crippen LogP contribution < -0.4 is 10.0 Å². The smallest absolute Gasteiger partial charge is 0.339 e. The summed E-state index contributed by atoms with van der Waals surface area (Å²) in [7, 11) is -4.15. The highest BCUT2D eigenvalue weighted by Gasteiger charge is 2.20. The van der Waals surface area contributed by atoms with Gasteiger partial charge in [-0.05, 0) is 36.8 Å². The molecule has 0 radical (unpaired) electrons. The standard InChI is InChI=1S/C19H20N2O8S/c1-2-13(10-22)21-18(25)11-3-4-12(17(24)7-11)9-20-30(28,29)14-5-6-16(23)15(8-14)19(26)27/h3-8,10,13,20,23-24H,2,9H2,1H3,(H,21,25)(H,26,27). The molecule has 0 aromatic heterocycles. The molecule has 30 heavy (non-hydrogen) atoms. The Bertz CT molecular complexity index is 1080. The molecule has 2 aromatic rings. The molecular weight excluding hydrogens is 416 g/mol. The van der Waals surface area contributed by atoms with Gasteiger partial charge in [0, 0.05) is 17.7 Å². The summed E-state index contributed by atoms with van der Waals surface area (Å²) in [6.45, 7) is 1.38. The van der Waals surface area contributed by atoms with E-state index in [1.807, 2.05) is 0 Å². The Morgan fingerprint density at radius 3 is 2.37 bits per heavy atom. The molecule has 160 valence electrons. The Balaban J connectivity index is 2.15. The number of carbonyl (C=O) groups excluding carboxylic acids is 2. The van der Waals surface area contributed by atoms with Gasteiger partial charge in [-0.1, -0.05) is 13.0 Å². The lowest BCUT2D eigenvalue weighted by Gasteiger charge is -2.12. The number of sulfonamides is 1. The van der Waals surface area contributed by atoms with Gasteiger partial charge in [0.25, 0.3) is 5.91 Å². The Morgan fingerprint density at radius 1 is 1.10 bits per heavy atom. The summed E-state index contributed by atoms with van der Waals surface area (Å²) in [6, 6.07) is 5.98. The van der Waals surface area contributed by atoms with Gasteiger partial charge in [0.15, 0.2) is 0 Å². The average molecular weight is 436 g/mol. The second-order valence-electron chi connectivity index (χ2n) is 6.28. The van der Waals surface area contributed by atoms with Crippen LogP contribution in [-0.4, -0.2) is 47.9 Å². The van der Waals surface area contributed by atoms with Crippen molar-refractivity contribution < 1.29 is 38.1 Å². The molecule has 0 saturated carbocycles. The molecule has 1 unspecified atom stereocenters. The first-order valence-electron chi connectivity index (χ1n) is 8.73. The van der Waals surface area contributed by atoms with Gasteiger partial charge in [0.2, 0.25) is 10.0 Å². The van der Waals surface area contributed by atoms with E-state index in [2.05, 4.69) is 10.0 Å². The maximum Gasteiger partial charge on any atom is 0.339 e. The Kier molecular flexibility index (Phi) is 7.14. The summed E-state index contributed by atoms with van der Waals surface area (Å²) in [6.07, 6.45) is 1.00. The minimum absolute atomic E-state index is 0.0871. The van der Waals surface area contributed by atoms with Crippen molar-refractivity contribution in [2.75, 3.05) is 0 Å². The quantitative estimate of drug-likeness (QED) is 0.362. The summed E-state index contributed by atoms with van der Waals surface area (Å²) >= 11 is 0. The Labute approximate surface area is 172 Å². The van der Waals surface area contributed by atoms with E-state index < -0.39 is 39.3 Å². The second kappa shape index (κ2) is 9.37. The number of nitrogens with one attached hydrogen (secondary N) is 2. The monoisotopic (exact) mass is 436 g/mol. The van der Waals surface area contributed by atoms with Gasteiger partial charge >= 0.3 is 5.97 Å². The van der Waals surface area contributed by atoms with Gasteiger partial charge in [0.05, 0.1) is 10.9 Å². The fourth-order valence-corrected chi connectivity index (χ4v) is 3.48. The van der Waals surface area contributed by atoms with E-state index in [0.717, 1.165) is 24.3 Å². The summed E-state index contributed by atoms with van der Waals surface area (Å²) in [5.74, 6) is -2.98. The molecule has 0 heterocycles. The summed E-state index contributed by atoms with van der Waals surface area (Å²) in [5.41, 5.74) is -0.323. The summed E-state index contributed by atoms with van der Waals surface area (Å²) < 4.78 is 27.0. The molecule has 0 spiro atoms. The number of carboxylic acid groups (broad SMARTS) is 1. The van der Waals surface area contributed by atoms with Crippen LogP contribution in [0.3, 0.4) is 0 Å². The van der Waals surface area contributed by atoms with Crippen LogP contribution >= 0.6 is 0 Å². The second-order valence-corrected chi connectivity index (χ2v) is 8.04. The zero-order chi connectivity index (χ0) is 22.5. The molecule has 11 heteroatoms. The zero-order valence-corrected chi connectivity index (χ0v) is 16.6. The molecule has 1 atom stereocenters. The average Bonchev–Trinajstić information content (AvgIpc) is 2.70. The molecule has 5 N–H and O–H groups in total. The van der Waals surface area contributed by atoms with Gasteiger partial charge < -0.3 is 25.4 Å². The third kappa shape index (κ3) is 5.33. The van der Waals surface area contributed by atoms with E-state index in [0.29, 0.717) is 12.7 Å². The van der Waals surface area contributed by atoms with E-state index >= 15 is 0 Å². The number of benzene rings is 2. The SMILES string of the molecule is CCC(C=O)NC(=O)c1ccc(CNS(=O)(=O)c2ccc(O)c(C(=O)O)c2)c(O)c1. The number of phenols is 2. The van der Waals surface area contributed by atoms with Gasteiger partial charge in [0.1, 0.15) is 23.3 Å². The molecule has 0 aliphatic rings. The molecule has 0 aliphatic carbocycles. The van der Waals surface area contributed by atoms with Gasteiger partial charge in [-0.15, -0.1) is 0 Å². The maximum atomic E-state index is 12.4. The van der Waals surface area contributed by atoms with Crippen LogP contribution in [-0.2, 0) is 21.4 Å². The fraction of sp³-hybridized carbons (Fsp3) is 0.211. The first-order chi connectivity index (χ1) is 14.1. The normalized spacial score (nSPS) is 12.2. The molecule has 2 aromatic carbocycles. The summed E-state index contributed by atoms with van der Waals surface area (Å²) in [4.78, 5) is 33.6. The largest absolute Gasteiger partial charge is 0.508 e. The molecule has 0 bridgehead atoms. The van der Waals surface area contributed by atoms with Crippen LogP contribution in [0.15, 0.2) is 41.3 Å². The van der Waals surface area contributed by atoms with Crippen LogP contribution in [0, 0.1) is 0 Å². The first-order valence-corrected chi connectivity index (χ1v) is 10.2. The lowest BCUT2D eigenvalue weighted by molar-refractivity contribution is -0.109. The molecule has 1 amide bonds. The number of aromatic hydroxyl groups is 2. The van der Waals surface area contributed by atoms with E-state index in [4.69, 9.17) is 5.11 Å². The topological polar surface area (TPSA) is 170 Å². The third-order valence-corrected chi connectivity index (χ3v) is 5.63. The highest BCUT2D eigenvalue weighted by Crippen LogP contribution is 2.23. The number of phenolic OH excluding ortho intramolecular Hbond substituents is 1. The van der Waals surface area contributed by atoms with Crippen molar-refractivity contribution in [3.05, 3.63) is 53.1 Å². The van der Waals surface area contributed by atoms with Crippen LogP contribution in [0.4, 0.5) is 0 Å². The number of amides is 1. The van der Waals surface area contributed by atoms with E-state index in [-0.39, 0.29) is 28.3 Å². The van der Waals surface area contributed by atoms with E-state index in [9.17, 15) is 33.0 Å². The van der Waals surface area contributed by atoms with Crippen LogP contribution in [0.5, 0.6) is 11.5 Å².